The topological polar surface area (TPSA) is 90.4 Å². The number of nitrogens with zero attached hydrogens (tertiary/aromatic N) is 2. The summed E-state index contributed by atoms with van der Waals surface area (Å²) in [7, 11) is 2.47. The van der Waals surface area contributed by atoms with Crippen LogP contribution in [0.5, 0.6) is 0 Å². The molecule has 0 aliphatic heterocycles. The predicted molar refractivity (Wildman–Crippen MR) is 97.8 cm³/mol. The Kier molecular flexibility index (Phi) is 6.74. The third kappa shape index (κ3) is 5.59. The van der Waals surface area contributed by atoms with Gasteiger partial charge in [-0.05, 0) is 49.9 Å². The molecule has 0 atom stereocenters. The number of rotatable bonds is 6. The van der Waals surface area contributed by atoms with Gasteiger partial charge in [0.05, 0.1) is 20.3 Å². The van der Waals surface area contributed by atoms with Gasteiger partial charge < -0.3 is 14.8 Å². The van der Waals surface area contributed by atoms with E-state index in [4.69, 9.17) is 0 Å². The first-order valence-electron chi connectivity index (χ1n) is 7.66. The lowest BCUT2D eigenvalue weighted by atomic mass is 10.3. The number of carbonyl (C=O) groups is 2. The first-order chi connectivity index (χ1) is 12.4. The van der Waals surface area contributed by atoms with Crippen molar-refractivity contribution in [2.75, 3.05) is 19.5 Å². The summed E-state index contributed by atoms with van der Waals surface area (Å²) >= 11 is 1.40. The Bertz CT molecular complexity index is 832. The molecule has 0 aliphatic rings. The normalized spacial score (nSPS) is 11.0. The fourth-order valence-corrected chi connectivity index (χ4v) is 2.99. The van der Waals surface area contributed by atoms with Crippen molar-refractivity contribution in [1.82, 2.24) is 9.97 Å². The Hall–Kier alpha value is -2.87. The summed E-state index contributed by atoms with van der Waals surface area (Å²) in [6, 6.07) is 9.21. The summed E-state index contributed by atoms with van der Waals surface area (Å²) in [5, 5.41) is 3.51. The number of hydrogen-bond donors (Lipinski definition) is 1. The summed E-state index contributed by atoms with van der Waals surface area (Å²) in [6.07, 6.45) is 1.04. The Morgan fingerprint density at radius 1 is 1.08 bits per heavy atom. The molecule has 0 fully saturated rings. The van der Waals surface area contributed by atoms with Gasteiger partial charge in [-0.2, -0.15) is 0 Å². The Morgan fingerprint density at radius 3 is 2.38 bits per heavy atom. The molecule has 0 saturated carbocycles. The number of methoxy groups -OCH3 is 2. The fraction of sp³-hybridized carbons (Fsp3) is 0.222. The molecular weight excluding hydrogens is 354 g/mol. The van der Waals surface area contributed by atoms with Gasteiger partial charge in [-0.3, -0.25) is 0 Å². The summed E-state index contributed by atoms with van der Waals surface area (Å²) in [5.41, 5.74) is 2.37. The third-order valence-electron chi connectivity index (χ3n) is 3.15. The maximum absolute atomic E-state index is 11.8. The number of carbonyl (C=O) groups excluding carboxylic acids is 2. The Morgan fingerprint density at radius 2 is 1.77 bits per heavy atom. The molecule has 2 aromatic rings. The summed E-state index contributed by atoms with van der Waals surface area (Å²) < 4.78 is 9.23. The van der Waals surface area contributed by atoms with Gasteiger partial charge in [0, 0.05) is 22.0 Å². The molecule has 0 bridgehead atoms. The van der Waals surface area contributed by atoms with E-state index in [1.165, 1.54) is 26.0 Å². The van der Waals surface area contributed by atoms with Gasteiger partial charge in [0.1, 0.15) is 5.70 Å². The van der Waals surface area contributed by atoms with Gasteiger partial charge in [0.25, 0.3) is 0 Å². The number of aryl methyl sites for hydroxylation is 2. The zero-order valence-electron chi connectivity index (χ0n) is 14.9. The Labute approximate surface area is 155 Å². The van der Waals surface area contributed by atoms with E-state index in [0.29, 0.717) is 10.8 Å². The quantitative estimate of drug-likeness (QED) is 0.470. The van der Waals surface area contributed by atoms with Crippen LogP contribution in [0.2, 0.25) is 0 Å². The van der Waals surface area contributed by atoms with E-state index in [0.717, 1.165) is 22.4 Å². The molecule has 0 aliphatic carbocycles. The fourth-order valence-electron chi connectivity index (χ4n) is 2.07. The van der Waals surface area contributed by atoms with Crippen LogP contribution in [0.3, 0.4) is 0 Å². The van der Waals surface area contributed by atoms with Crippen molar-refractivity contribution in [2.45, 2.75) is 23.9 Å². The van der Waals surface area contributed by atoms with E-state index < -0.39 is 11.9 Å². The molecule has 1 N–H and O–H groups in total. The highest BCUT2D eigenvalue weighted by Gasteiger charge is 2.13. The maximum atomic E-state index is 11.8. The average Bonchev–Trinajstić information content (AvgIpc) is 2.59. The molecule has 8 heteroatoms. The van der Waals surface area contributed by atoms with Crippen LogP contribution in [-0.2, 0) is 19.1 Å². The lowest BCUT2D eigenvalue weighted by molar-refractivity contribution is -0.138. The summed E-state index contributed by atoms with van der Waals surface area (Å²) in [4.78, 5) is 32.9. The second-order valence-electron chi connectivity index (χ2n) is 5.26. The molecule has 1 aromatic carbocycles. The van der Waals surface area contributed by atoms with Gasteiger partial charge in [-0.25, -0.2) is 19.6 Å². The molecule has 1 aromatic heterocycles. The molecular formula is C18H19N3O4S. The average molecular weight is 373 g/mol. The van der Waals surface area contributed by atoms with Crippen molar-refractivity contribution in [3.63, 3.8) is 0 Å². The SMILES string of the molecule is COC(=O)/C=C(/Nc1cccc(Sc2nc(C)cc(C)n2)c1)C(=O)OC. The minimum absolute atomic E-state index is 0.0239. The zero-order chi connectivity index (χ0) is 19.1. The zero-order valence-corrected chi connectivity index (χ0v) is 15.7. The third-order valence-corrected chi connectivity index (χ3v) is 4.01. The van der Waals surface area contributed by atoms with Crippen molar-refractivity contribution >= 4 is 29.4 Å². The molecule has 136 valence electrons. The van der Waals surface area contributed by atoms with Crippen molar-refractivity contribution < 1.29 is 19.1 Å². The summed E-state index contributed by atoms with van der Waals surface area (Å²) in [6.45, 7) is 3.83. The van der Waals surface area contributed by atoms with Crippen LogP contribution >= 0.6 is 11.8 Å². The molecule has 26 heavy (non-hydrogen) atoms. The van der Waals surface area contributed by atoms with Crippen LogP contribution in [0.25, 0.3) is 0 Å². The molecule has 0 spiro atoms. The van der Waals surface area contributed by atoms with Crippen molar-refractivity contribution in [3.8, 4) is 0 Å². The molecule has 0 saturated heterocycles. The lowest BCUT2D eigenvalue weighted by Gasteiger charge is -2.10. The van der Waals surface area contributed by atoms with Crippen LogP contribution < -0.4 is 5.32 Å². The first-order valence-corrected chi connectivity index (χ1v) is 8.48. The van der Waals surface area contributed by atoms with Crippen LogP contribution in [-0.4, -0.2) is 36.1 Å². The predicted octanol–water partition coefficient (Wildman–Crippen LogP) is 2.89. The number of hydrogen-bond acceptors (Lipinski definition) is 8. The number of anilines is 1. The van der Waals surface area contributed by atoms with Gasteiger partial charge in [-0.1, -0.05) is 6.07 Å². The van der Waals surface area contributed by atoms with Crippen molar-refractivity contribution in [3.05, 3.63) is 53.5 Å². The van der Waals surface area contributed by atoms with E-state index in [1.807, 2.05) is 38.1 Å². The van der Waals surface area contributed by atoms with Crippen LogP contribution in [0.1, 0.15) is 11.4 Å². The van der Waals surface area contributed by atoms with E-state index in [1.54, 1.807) is 6.07 Å². The van der Waals surface area contributed by atoms with E-state index in [-0.39, 0.29) is 5.70 Å². The lowest BCUT2D eigenvalue weighted by Crippen LogP contribution is -2.15. The smallest absolute Gasteiger partial charge is 0.354 e. The summed E-state index contributed by atoms with van der Waals surface area (Å²) in [5.74, 6) is -1.34. The highest BCUT2D eigenvalue weighted by Crippen LogP contribution is 2.27. The Balaban J connectivity index is 2.23. The largest absolute Gasteiger partial charge is 0.466 e. The second-order valence-corrected chi connectivity index (χ2v) is 6.30. The highest BCUT2D eigenvalue weighted by atomic mass is 32.2. The maximum Gasteiger partial charge on any atom is 0.354 e. The highest BCUT2D eigenvalue weighted by molar-refractivity contribution is 7.99. The minimum Gasteiger partial charge on any atom is -0.466 e. The van der Waals surface area contributed by atoms with Gasteiger partial charge in [0.15, 0.2) is 5.16 Å². The molecule has 0 radical (unpaired) electrons. The van der Waals surface area contributed by atoms with Crippen molar-refractivity contribution in [1.29, 1.82) is 0 Å². The number of benzene rings is 1. The minimum atomic E-state index is -0.675. The standard InChI is InChI=1S/C18H19N3O4S/c1-11-8-12(2)20-18(19-11)26-14-7-5-6-13(9-14)21-15(17(23)25-4)10-16(22)24-3/h5-10,21H,1-4H3/b15-10+. The molecule has 0 amide bonds. The van der Waals surface area contributed by atoms with Crippen LogP contribution in [0.15, 0.2) is 52.2 Å². The van der Waals surface area contributed by atoms with Gasteiger partial charge in [0.2, 0.25) is 0 Å². The van der Waals surface area contributed by atoms with Crippen molar-refractivity contribution in [2.24, 2.45) is 0 Å². The van der Waals surface area contributed by atoms with E-state index in [9.17, 15) is 9.59 Å². The van der Waals surface area contributed by atoms with Gasteiger partial charge >= 0.3 is 11.9 Å². The number of ether oxygens (including phenoxy) is 2. The first kappa shape index (κ1) is 19.5. The number of aromatic nitrogens is 2. The van der Waals surface area contributed by atoms with Crippen LogP contribution in [0, 0.1) is 13.8 Å². The number of esters is 2. The second kappa shape index (κ2) is 9.00. The molecule has 7 nitrogen and oxygen atoms in total. The number of nitrogens with one attached hydrogen (secondary N) is 1. The molecule has 0 unspecified atom stereocenters. The monoisotopic (exact) mass is 373 g/mol. The molecule has 1 heterocycles. The van der Waals surface area contributed by atoms with E-state index >= 15 is 0 Å². The van der Waals surface area contributed by atoms with Crippen LogP contribution in [0.4, 0.5) is 5.69 Å². The van der Waals surface area contributed by atoms with Gasteiger partial charge in [-0.15, -0.1) is 0 Å². The van der Waals surface area contributed by atoms with E-state index in [2.05, 4.69) is 24.8 Å². The molecule has 2 rings (SSSR count).